The Morgan fingerprint density at radius 1 is 1.54 bits per heavy atom. The van der Waals surface area contributed by atoms with Gasteiger partial charge in [-0.25, -0.2) is 0 Å². The van der Waals surface area contributed by atoms with E-state index in [1.807, 2.05) is 6.92 Å². The van der Waals surface area contributed by atoms with Crippen molar-refractivity contribution in [2.75, 3.05) is 0 Å². The molecule has 1 aliphatic rings. The summed E-state index contributed by atoms with van der Waals surface area (Å²) < 4.78 is 5.40. The van der Waals surface area contributed by atoms with Gasteiger partial charge in [-0.15, -0.1) is 10.2 Å². The summed E-state index contributed by atoms with van der Waals surface area (Å²) in [5, 5.41) is 7.85. The molecule has 0 radical (unpaired) electrons. The molecule has 0 amide bonds. The minimum Gasteiger partial charge on any atom is -0.424 e. The number of rotatable bonds is 3. The van der Waals surface area contributed by atoms with Crippen molar-refractivity contribution in [1.29, 1.82) is 0 Å². The molecule has 1 unspecified atom stereocenters. The molecule has 72 valence electrons. The third-order valence-electron chi connectivity index (χ3n) is 2.56. The van der Waals surface area contributed by atoms with Crippen molar-refractivity contribution in [3.05, 3.63) is 11.8 Å². The van der Waals surface area contributed by atoms with Crippen LogP contribution in [0, 0.1) is 5.92 Å². The van der Waals surface area contributed by atoms with Gasteiger partial charge in [0.2, 0.25) is 11.8 Å². The van der Waals surface area contributed by atoms with Crippen LogP contribution in [0.15, 0.2) is 4.42 Å². The summed E-state index contributed by atoms with van der Waals surface area (Å²) in [5.41, 5.74) is 5.61. The van der Waals surface area contributed by atoms with Gasteiger partial charge in [0.1, 0.15) is 0 Å². The van der Waals surface area contributed by atoms with Gasteiger partial charge in [0, 0.05) is 6.42 Å². The van der Waals surface area contributed by atoms with E-state index in [0.29, 0.717) is 5.89 Å². The van der Waals surface area contributed by atoms with Crippen LogP contribution >= 0.6 is 0 Å². The van der Waals surface area contributed by atoms with Gasteiger partial charge in [0.15, 0.2) is 0 Å². The van der Waals surface area contributed by atoms with Crippen LogP contribution < -0.4 is 5.73 Å². The average molecular weight is 181 g/mol. The molecular weight excluding hydrogens is 166 g/mol. The summed E-state index contributed by atoms with van der Waals surface area (Å²) in [5.74, 6) is 2.06. The first-order valence-corrected chi connectivity index (χ1v) is 4.83. The Labute approximate surface area is 77.5 Å². The molecule has 1 aliphatic carbocycles. The molecule has 2 rings (SSSR count). The maximum Gasteiger partial charge on any atom is 0.232 e. The number of nitrogens with two attached hydrogens (primary N) is 1. The second-order valence-electron chi connectivity index (χ2n) is 3.82. The van der Waals surface area contributed by atoms with Gasteiger partial charge in [0.25, 0.3) is 0 Å². The molecule has 1 fully saturated rings. The van der Waals surface area contributed by atoms with E-state index in [2.05, 4.69) is 10.2 Å². The summed E-state index contributed by atoms with van der Waals surface area (Å²) in [6.07, 6.45) is 4.88. The second-order valence-corrected chi connectivity index (χ2v) is 3.82. The van der Waals surface area contributed by atoms with E-state index in [0.717, 1.165) is 18.2 Å². The zero-order chi connectivity index (χ0) is 9.26. The van der Waals surface area contributed by atoms with Gasteiger partial charge in [-0.05, 0) is 25.7 Å². The first kappa shape index (κ1) is 8.69. The Morgan fingerprint density at radius 2 is 2.31 bits per heavy atom. The molecular formula is C9H15N3O. The van der Waals surface area contributed by atoms with Crippen LogP contribution in [0.5, 0.6) is 0 Å². The predicted octanol–water partition coefficient (Wildman–Crippen LogP) is 1.43. The van der Waals surface area contributed by atoms with E-state index in [4.69, 9.17) is 10.2 Å². The van der Waals surface area contributed by atoms with Gasteiger partial charge in [-0.1, -0.05) is 6.42 Å². The molecule has 1 atom stereocenters. The van der Waals surface area contributed by atoms with Gasteiger partial charge in [-0.3, -0.25) is 0 Å². The van der Waals surface area contributed by atoms with E-state index in [-0.39, 0.29) is 6.04 Å². The normalized spacial score (nSPS) is 19.8. The van der Waals surface area contributed by atoms with E-state index in [9.17, 15) is 0 Å². The van der Waals surface area contributed by atoms with Crippen molar-refractivity contribution < 1.29 is 4.42 Å². The fourth-order valence-electron chi connectivity index (χ4n) is 1.48. The zero-order valence-corrected chi connectivity index (χ0v) is 7.86. The zero-order valence-electron chi connectivity index (χ0n) is 7.86. The lowest BCUT2D eigenvalue weighted by Crippen LogP contribution is -2.13. The SMILES string of the molecule is CC(N)c1nnc(CC2CCC2)o1. The van der Waals surface area contributed by atoms with Crippen molar-refractivity contribution >= 4 is 0 Å². The maximum absolute atomic E-state index is 5.61. The molecule has 0 aliphatic heterocycles. The standard InChI is InChI=1S/C9H15N3O/c1-6(10)9-12-11-8(13-9)5-7-3-2-4-7/h6-7H,2-5,10H2,1H3. The van der Waals surface area contributed by atoms with E-state index < -0.39 is 0 Å². The monoisotopic (exact) mass is 181 g/mol. The van der Waals surface area contributed by atoms with Gasteiger partial charge >= 0.3 is 0 Å². The van der Waals surface area contributed by atoms with Gasteiger partial charge in [-0.2, -0.15) is 0 Å². The Morgan fingerprint density at radius 3 is 2.77 bits per heavy atom. The minimum atomic E-state index is -0.150. The molecule has 2 N–H and O–H groups in total. The molecule has 0 aromatic carbocycles. The lowest BCUT2D eigenvalue weighted by molar-refractivity contribution is 0.285. The summed E-state index contributed by atoms with van der Waals surface area (Å²) >= 11 is 0. The summed E-state index contributed by atoms with van der Waals surface area (Å²) in [6, 6.07) is -0.150. The van der Waals surface area contributed by atoms with E-state index in [1.54, 1.807) is 0 Å². The van der Waals surface area contributed by atoms with Crippen molar-refractivity contribution in [3.8, 4) is 0 Å². The van der Waals surface area contributed by atoms with E-state index in [1.165, 1.54) is 19.3 Å². The Balaban J connectivity index is 1.96. The highest BCUT2D eigenvalue weighted by Crippen LogP contribution is 2.29. The van der Waals surface area contributed by atoms with Crippen molar-refractivity contribution in [1.82, 2.24) is 10.2 Å². The Kier molecular flexibility index (Phi) is 2.31. The topological polar surface area (TPSA) is 64.9 Å². The molecule has 0 spiro atoms. The third kappa shape index (κ3) is 1.88. The molecule has 1 aromatic rings. The molecule has 4 heteroatoms. The van der Waals surface area contributed by atoms with E-state index >= 15 is 0 Å². The highest BCUT2D eigenvalue weighted by Gasteiger charge is 2.21. The van der Waals surface area contributed by atoms with Crippen LogP contribution in [0.1, 0.15) is 44.0 Å². The molecule has 4 nitrogen and oxygen atoms in total. The third-order valence-corrected chi connectivity index (χ3v) is 2.56. The average Bonchev–Trinajstić information content (AvgIpc) is 2.44. The fraction of sp³-hybridized carbons (Fsp3) is 0.778. The van der Waals surface area contributed by atoms with Crippen LogP contribution in [-0.2, 0) is 6.42 Å². The van der Waals surface area contributed by atoms with Gasteiger partial charge in [0.05, 0.1) is 6.04 Å². The highest BCUT2D eigenvalue weighted by atomic mass is 16.4. The number of hydrogen-bond donors (Lipinski definition) is 1. The molecule has 13 heavy (non-hydrogen) atoms. The lowest BCUT2D eigenvalue weighted by atomic mass is 9.83. The molecule has 1 aromatic heterocycles. The quantitative estimate of drug-likeness (QED) is 0.766. The Hall–Kier alpha value is -0.900. The maximum atomic E-state index is 5.61. The summed E-state index contributed by atoms with van der Waals surface area (Å²) in [7, 11) is 0. The molecule has 1 saturated carbocycles. The second kappa shape index (κ2) is 3.46. The number of aromatic nitrogens is 2. The molecule has 0 bridgehead atoms. The summed E-state index contributed by atoms with van der Waals surface area (Å²) in [6.45, 7) is 1.85. The first-order chi connectivity index (χ1) is 6.25. The number of nitrogens with zero attached hydrogens (tertiary/aromatic N) is 2. The molecule has 0 saturated heterocycles. The summed E-state index contributed by atoms with van der Waals surface area (Å²) in [4.78, 5) is 0. The number of hydrogen-bond acceptors (Lipinski definition) is 4. The van der Waals surface area contributed by atoms with Crippen molar-refractivity contribution in [2.45, 2.75) is 38.6 Å². The van der Waals surface area contributed by atoms with Crippen LogP contribution in [0.25, 0.3) is 0 Å². The highest BCUT2D eigenvalue weighted by molar-refractivity contribution is 4.89. The van der Waals surface area contributed by atoms with Crippen molar-refractivity contribution in [3.63, 3.8) is 0 Å². The van der Waals surface area contributed by atoms with Crippen LogP contribution in [-0.4, -0.2) is 10.2 Å². The van der Waals surface area contributed by atoms with Crippen LogP contribution in [0.2, 0.25) is 0 Å². The van der Waals surface area contributed by atoms with Crippen LogP contribution in [0.3, 0.4) is 0 Å². The van der Waals surface area contributed by atoms with Gasteiger partial charge < -0.3 is 10.2 Å². The van der Waals surface area contributed by atoms with Crippen LogP contribution in [0.4, 0.5) is 0 Å². The molecule has 1 heterocycles. The minimum absolute atomic E-state index is 0.150. The lowest BCUT2D eigenvalue weighted by Gasteiger charge is -2.23. The smallest absolute Gasteiger partial charge is 0.232 e. The van der Waals surface area contributed by atoms with Crippen molar-refractivity contribution in [2.24, 2.45) is 11.7 Å². The fourth-order valence-corrected chi connectivity index (χ4v) is 1.48. The largest absolute Gasteiger partial charge is 0.424 e. The first-order valence-electron chi connectivity index (χ1n) is 4.83. The predicted molar refractivity (Wildman–Crippen MR) is 47.9 cm³/mol. The Bertz CT molecular complexity index is 278.